The summed E-state index contributed by atoms with van der Waals surface area (Å²) in [6.45, 7) is 3.95. The normalized spacial score (nSPS) is 21.7. The van der Waals surface area contributed by atoms with E-state index in [1.807, 2.05) is 13.8 Å². The molecule has 5 nitrogen and oxygen atoms in total. The Hall–Kier alpha value is -1.08. The molecule has 2 heterocycles. The van der Waals surface area contributed by atoms with Gasteiger partial charge in [-0.2, -0.15) is 0 Å². The highest BCUT2D eigenvalue weighted by Crippen LogP contribution is 2.35. The van der Waals surface area contributed by atoms with Crippen LogP contribution < -0.4 is 4.74 Å². The summed E-state index contributed by atoms with van der Waals surface area (Å²) in [6, 6.07) is 1.71. The monoisotopic (exact) mass is 304 g/mol. The lowest BCUT2D eigenvalue weighted by Gasteiger charge is -2.10. The number of carbonyl (C=O) groups is 1. The van der Waals surface area contributed by atoms with Crippen molar-refractivity contribution in [2.45, 2.75) is 32.3 Å². The van der Waals surface area contributed by atoms with Crippen LogP contribution in [0.2, 0.25) is 0 Å². The third kappa shape index (κ3) is 3.27. The minimum atomic E-state index is -3.03. The fourth-order valence-corrected chi connectivity index (χ4v) is 4.47. The van der Waals surface area contributed by atoms with E-state index >= 15 is 0 Å². The molecule has 0 bridgehead atoms. The molecule has 0 amide bonds. The Morgan fingerprint density at radius 2 is 2.21 bits per heavy atom. The molecule has 1 aromatic rings. The van der Waals surface area contributed by atoms with Gasteiger partial charge >= 0.3 is 5.97 Å². The van der Waals surface area contributed by atoms with Gasteiger partial charge in [0, 0.05) is 4.88 Å². The summed E-state index contributed by atoms with van der Waals surface area (Å²) >= 11 is 1.18. The van der Waals surface area contributed by atoms with E-state index in [4.69, 9.17) is 9.84 Å². The lowest BCUT2D eigenvalue weighted by molar-refractivity contribution is 0.0696. The van der Waals surface area contributed by atoms with Crippen molar-refractivity contribution in [1.29, 1.82) is 0 Å². The fourth-order valence-electron chi connectivity index (χ4n) is 1.95. The molecular weight excluding hydrogens is 288 g/mol. The highest BCUT2D eigenvalue weighted by molar-refractivity contribution is 7.91. The SMILES string of the molecule is CC(C)c1cc(OC2CCS(=O)(=O)C2)c(C(=O)O)s1. The number of thiophene rings is 1. The van der Waals surface area contributed by atoms with Gasteiger partial charge in [0.2, 0.25) is 0 Å². The molecular formula is C12H16O5S2. The summed E-state index contributed by atoms with van der Waals surface area (Å²) in [4.78, 5) is 12.2. The van der Waals surface area contributed by atoms with Gasteiger partial charge < -0.3 is 9.84 Å². The first-order valence-corrected chi connectivity index (χ1v) is 8.66. The molecule has 1 saturated heterocycles. The summed E-state index contributed by atoms with van der Waals surface area (Å²) in [5, 5.41) is 9.15. The van der Waals surface area contributed by atoms with Crippen molar-refractivity contribution in [3.8, 4) is 5.75 Å². The fraction of sp³-hybridized carbons (Fsp3) is 0.583. The van der Waals surface area contributed by atoms with Gasteiger partial charge in [0.05, 0.1) is 11.5 Å². The van der Waals surface area contributed by atoms with Crippen LogP contribution in [0.5, 0.6) is 5.75 Å². The van der Waals surface area contributed by atoms with Crippen molar-refractivity contribution < 1.29 is 23.1 Å². The average Bonchev–Trinajstić information content (AvgIpc) is 2.83. The van der Waals surface area contributed by atoms with Crippen molar-refractivity contribution >= 4 is 27.1 Å². The van der Waals surface area contributed by atoms with Crippen LogP contribution in [0.4, 0.5) is 0 Å². The lowest BCUT2D eigenvalue weighted by Crippen LogP contribution is -2.18. The highest BCUT2D eigenvalue weighted by Gasteiger charge is 2.31. The van der Waals surface area contributed by atoms with Crippen molar-refractivity contribution in [2.24, 2.45) is 0 Å². The smallest absolute Gasteiger partial charge is 0.349 e. The maximum Gasteiger partial charge on any atom is 0.349 e. The number of rotatable bonds is 4. The summed E-state index contributed by atoms with van der Waals surface area (Å²) in [5.41, 5.74) is 0. The van der Waals surface area contributed by atoms with Gasteiger partial charge in [-0.05, 0) is 18.4 Å². The van der Waals surface area contributed by atoms with Gasteiger partial charge in [0.1, 0.15) is 11.9 Å². The Bertz CT molecular complexity index is 585. The van der Waals surface area contributed by atoms with Crippen LogP contribution in [-0.2, 0) is 9.84 Å². The third-order valence-corrected chi connectivity index (χ3v) is 6.11. The Morgan fingerprint density at radius 1 is 1.53 bits per heavy atom. The topological polar surface area (TPSA) is 80.7 Å². The molecule has 0 aromatic carbocycles. The number of hydrogen-bond donors (Lipinski definition) is 1. The molecule has 19 heavy (non-hydrogen) atoms. The summed E-state index contributed by atoms with van der Waals surface area (Å²) in [6.07, 6.45) is -0.00782. The molecule has 1 unspecified atom stereocenters. The largest absolute Gasteiger partial charge is 0.488 e. The van der Waals surface area contributed by atoms with E-state index in [1.165, 1.54) is 11.3 Å². The molecule has 7 heteroatoms. The summed E-state index contributed by atoms with van der Waals surface area (Å²) in [7, 11) is -3.03. The van der Waals surface area contributed by atoms with E-state index in [0.717, 1.165) is 4.88 Å². The molecule has 1 N–H and O–H groups in total. The van der Waals surface area contributed by atoms with Crippen LogP contribution in [0.25, 0.3) is 0 Å². The van der Waals surface area contributed by atoms with Crippen molar-refractivity contribution in [2.75, 3.05) is 11.5 Å². The maximum absolute atomic E-state index is 11.4. The Labute approximate surface area is 116 Å². The van der Waals surface area contributed by atoms with Crippen LogP contribution in [0.15, 0.2) is 6.07 Å². The second-order valence-corrected chi connectivity index (χ2v) is 8.26. The first-order chi connectivity index (χ1) is 8.78. The molecule has 1 fully saturated rings. The van der Waals surface area contributed by atoms with Gasteiger partial charge in [-0.25, -0.2) is 13.2 Å². The van der Waals surface area contributed by atoms with Crippen molar-refractivity contribution in [3.05, 3.63) is 15.8 Å². The summed E-state index contributed by atoms with van der Waals surface area (Å²) < 4.78 is 28.3. The molecule has 1 aliphatic rings. The zero-order valence-electron chi connectivity index (χ0n) is 10.8. The minimum Gasteiger partial charge on any atom is -0.488 e. The van der Waals surface area contributed by atoms with Crippen molar-refractivity contribution in [1.82, 2.24) is 0 Å². The number of ether oxygens (including phenoxy) is 1. The Morgan fingerprint density at radius 3 is 2.68 bits per heavy atom. The molecule has 0 saturated carbocycles. The van der Waals surface area contributed by atoms with Gasteiger partial charge in [0.15, 0.2) is 14.7 Å². The maximum atomic E-state index is 11.4. The van der Waals surface area contributed by atoms with Crippen LogP contribution in [0.1, 0.15) is 40.7 Å². The molecule has 2 rings (SSSR count). The lowest BCUT2D eigenvalue weighted by atomic mass is 10.2. The summed E-state index contributed by atoms with van der Waals surface area (Å²) in [5.74, 6) is -0.441. The predicted molar refractivity (Wildman–Crippen MR) is 73.1 cm³/mol. The quantitative estimate of drug-likeness (QED) is 0.921. The van der Waals surface area contributed by atoms with E-state index < -0.39 is 21.9 Å². The first-order valence-electron chi connectivity index (χ1n) is 6.02. The van der Waals surface area contributed by atoms with Gasteiger partial charge in [0.25, 0.3) is 0 Å². The Kier molecular flexibility index (Phi) is 3.87. The molecule has 1 aromatic heterocycles. The molecule has 106 valence electrons. The van der Waals surface area contributed by atoms with E-state index in [2.05, 4.69) is 0 Å². The van der Waals surface area contributed by atoms with Gasteiger partial charge in [-0.3, -0.25) is 0 Å². The number of carboxylic acids is 1. The molecule has 1 aliphatic heterocycles. The van der Waals surface area contributed by atoms with E-state index in [1.54, 1.807) is 6.07 Å². The third-order valence-electron chi connectivity index (χ3n) is 2.96. The zero-order valence-corrected chi connectivity index (χ0v) is 12.4. The van der Waals surface area contributed by atoms with Crippen LogP contribution >= 0.6 is 11.3 Å². The van der Waals surface area contributed by atoms with Gasteiger partial charge in [-0.15, -0.1) is 11.3 Å². The predicted octanol–water partition coefficient (Wildman–Crippen LogP) is 2.14. The van der Waals surface area contributed by atoms with E-state index in [9.17, 15) is 13.2 Å². The van der Waals surface area contributed by atoms with Gasteiger partial charge in [-0.1, -0.05) is 13.8 Å². The minimum absolute atomic E-state index is 0.0289. The van der Waals surface area contributed by atoms with E-state index in [-0.39, 0.29) is 22.3 Å². The molecule has 0 radical (unpaired) electrons. The number of sulfone groups is 1. The second kappa shape index (κ2) is 5.13. The van der Waals surface area contributed by atoms with Crippen LogP contribution in [-0.4, -0.2) is 37.1 Å². The standard InChI is InChI=1S/C12H16O5S2/c1-7(2)10-5-9(11(18-10)12(13)14)17-8-3-4-19(15,16)6-8/h5,7-8H,3-4,6H2,1-2H3,(H,13,14). The Balaban J connectivity index is 2.22. The van der Waals surface area contributed by atoms with Crippen molar-refractivity contribution in [3.63, 3.8) is 0 Å². The highest BCUT2D eigenvalue weighted by atomic mass is 32.2. The second-order valence-electron chi connectivity index (χ2n) is 4.94. The average molecular weight is 304 g/mol. The van der Waals surface area contributed by atoms with Crippen LogP contribution in [0.3, 0.4) is 0 Å². The number of carboxylic acid groups (broad SMARTS) is 1. The first kappa shape index (κ1) is 14.3. The molecule has 0 aliphatic carbocycles. The molecule has 1 atom stereocenters. The molecule has 0 spiro atoms. The number of hydrogen-bond acceptors (Lipinski definition) is 5. The zero-order chi connectivity index (χ0) is 14.2. The van der Waals surface area contributed by atoms with Crippen LogP contribution in [0, 0.1) is 0 Å². The van der Waals surface area contributed by atoms with E-state index in [0.29, 0.717) is 12.2 Å². The number of aromatic carboxylic acids is 1.